The fourth-order valence-electron chi connectivity index (χ4n) is 6.59. The van der Waals surface area contributed by atoms with E-state index < -0.39 is 0 Å². The van der Waals surface area contributed by atoms with Crippen molar-refractivity contribution in [2.45, 2.75) is 71.8 Å². The summed E-state index contributed by atoms with van der Waals surface area (Å²) in [6.45, 7) is 7.49. The third-order valence-electron chi connectivity index (χ3n) is 8.27. The molecule has 1 N–H and O–H groups in total. The molecule has 158 valence electrons. The van der Waals surface area contributed by atoms with Crippen LogP contribution in [0.1, 0.15) is 74.3 Å². The van der Waals surface area contributed by atoms with E-state index in [1.807, 2.05) is 29.2 Å². The highest BCUT2D eigenvalue weighted by Crippen LogP contribution is 2.60. The van der Waals surface area contributed by atoms with Crippen molar-refractivity contribution >= 4 is 11.9 Å². The number of phenolic OH excluding ortho intramolecular Hbond substituents is 1. The lowest BCUT2D eigenvalue weighted by molar-refractivity contribution is 0.0955. The summed E-state index contributed by atoms with van der Waals surface area (Å²) < 4.78 is 1.99. The summed E-state index contributed by atoms with van der Waals surface area (Å²) in [6.07, 6.45) is 10.7. The van der Waals surface area contributed by atoms with Gasteiger partial charge in [-0.1, -0.05) is 13.0 Å². The Labute approximate surface area is 178 Å². The lowest BCUT2D eigenvalue weighted by Crippen LogP contribution is -2.42. The van der Waals surface area contributed by atoms with Crippen molar-refractivity contribution in [3.05, 3.63) is 46.8 Å². The molecule has 0 spiro atoms. The van der Waals surface area contributed by atoms with Gasteiger partial charge in [-0.25, -0.2) is 0 Å². The first-order chi connectivity index (χ1) is 14.5. The quantitative estimate of drug-likeness (QED) is 0.561. The molecule has 3 aliphatic carbocycles. The molecule has 3 aliphatic rings. The lowest BCUT2D eigenvalue weighted by atomic mass is 9.55. The topological polar surface area (TPSA) is 62.8 Å². The maximum Gasteiger partial charge on any atom is 0.115 e. The normalized spacial score (nSPS) is 31.7. The number of hydrogen-bond acceptors (Lipinski definition) is 4. The summed E-state index contributed by atoms with van der Waals surface area (Å²) in [6, 6.07) is 6.03. The molecule has 0 saturated heterocycles. The van der Waals surface area contributed by atoms with E-state index in [4.69, 9.17) is 5.10 Å². The Balaban J connectivity index is 1.37. The zero-order chi connectivity index (χ0) is 20.9. The molecule has 0 radical (unpaired) electrons. The van der Waals surface area contributed by atoms with Crippen LogP contribution in [0.2, 0.25) is 0 Å². The maximum atomic E-state index is 9.87. The van der Waals surface area contributed by atoms with Crippen LogP contribution in [-0.2, 0) is 13.0 Å². The number of benzene rings is 1. The number of aromatic hydroxyl groups is 1. The van der Waals surface area contributed by atoms with Gasteiger partial charge in [0.1, 0.15) is 5.75 Å². The van der Waals surface area contributed by atoms with Gasteiger partial charge in [-0.2, -0.15) is 15.3 Å². The van der Waals surface area contributed by atoms with E-state index in [1.54, 1.807) is 0 Å². The molecule has 0 bridgehead atoms. The number of phenols is 1. The number of fused-ring (bicyclic) bond motifs is 5. The maximum absolute atomic E-state index is 9.87. The second-order valence-corrected chi connectivity index (χ2v) is 9.59. The Morgan fingerprint density at radius 1 is 1.27 bits per heavy atom. The highest BCUT2D eigenvalue weighted by Gasteiger charge is 2.53. The highest BCUT2D eigenvalue weighted by molar-refractivity contribution is 5.93. The second-order valence-electron chi connectivity index (χ2n) is 9.59. The minimum Gasteiger partial charge on any atom is -0.508 e. The molecule has 1 aromatic carbocycles. The Morgan fingerprint density at radius 3 is 2.93 bits per heavy atom. The van der Waals surface area contributed by atoms with Gasteiger partial charge in [0.25, 0.3) is 0 Å². The van der Waals surface area contributed by atoms with Gasteiger partial charge in [-0.05, 0) is 93.4 Å². The van der Waals surface area contributed by atoms with E-state index in [-0.39, 0.29) is 5.41 Å². The third-order valence-corrected chi connectivity index (χ3v) is 8.27. The van der Waals surface area contributed by atoms with Crippen molar-refractivity contribution in [2.75, 3.05) is 0 Å². The summed E-state index contributed by atoms with van der Waals surface area (Å²) in [4.78, 5) is 0. The van der Waals surface area contributed by atoms with Crippen molar-refractivity contribution in [3.63, 3.8) is 0 Å². The van der Waals surface area contributed by atoms with E-state index in [0.717, 1.165) is 36.6 Å². The number of aryl methyl sites for hydroxylation is 2. The summed E-state index contributed by atoms with van der Waals surface area (Å²) in [5.41, 5.74) is 6.51. The van der Waals surface area contributed by atoms with Crippen LogP contribution in [0, 0.1) is 24.2 Å². The molecule has 30 heavy (non-hydrogen) atoms. The van der Waals surface area contributed by atoms with Gasteiger partial charge in [-0.3, -0.25) is 4.68 Å². The van der Waals surface area contributed by atoms with Crippen LogP contribution in [0.15, 0.2) is 34.6 Å². The van der Waals surface area contributed by atoms with E-state index in [9.17, 15) is 5.11 Å². The number of hydrogen-bond donors (Lipinski definition) is 1. The molecule has 5 rings (SSSR count). The van der Waals surface area contributed by atoms with Crippen LogP contribution in [0.4, 0.5) is 0 Å². The monoisotopic (exact) mass is 404 g/mol. The van der Waals surface area contributed by atoms with Gasteiger partial charge < -0.3 is 5.11 Å². The van der Waals surface area contributed by atoms with E-state index in [0.29, 0.717) is 17.6 Å². The third kappa shape index (κ3) is 3.01. The van der Waals surface area contributed by atoms with E-state index in [2.05, 4.69) is 37.0 Å². The van der Waals surface area contributed by atoms with Crippen LogP contribution >= 0.6 is 0 Å². The molecular formula is C25H32N4O. The minimum absolute atomic E-state index is 0.176. The second kappa shape index (κ2) is 7.36. The average molecular weight is 405 g/mol. The van der Waals surface area contributed by atoms with Gasteiger partial charge in [0.05, 0.1) is 12.4 Å². The van der Waals surface area contributed by atoms with Crippen molar-refractivity contribution in [1.82, 2.24) is 9.78 Å². The molecule has 2 aromatic rings. The lowest BCUT2D eigenvalue weighted by Gasteiger charge is -2.49. The van der Waals surface area contributed by atoms with Gasteiger partial charge >= 0.3 is 0 Å². The van der Waals surface area contributed by atoms with Crippen LogP contribution in [0.25, 0.3) is 0 Å². The molecule has 2 fully saturated rings. The van der Waals surface area contributed by atoms with Gasteiger partial charge in [0.15, 0.2) is 0 Å². The van der Waals surface area contributed by atoms with Crippen LogP contribution < -0.4 is 0 Å². The van der Waals surface area contributed by atoms with Gasteiger partial charge in [0, 0.05) is 28.9 Å². The van der Waals surface area contributed by atoms with Crippen molar-refractivity contribution < 1.29 is 5.11 Å². The first kappa shape index (κ1) is 19.5. The molecule has 0 amide bonds. The molecule has 0 unspecified atom stereocenters. The number of aromatic nitrogens is 2. The van der Waals surface area contributed by atoms with Crippen molar-refractivity contribution in [3.8, 4) is 5.75 Å². The molecule has 5 heteroatoms. The molecule has 5 nitrogen and oxygen atoms in total. The SMILES string of the molecule is CCn1ncc(/C=N\N=C2\CC[C@@H]3[C@H]4CCc5cc(O)ccc5[C@@H]4CC[C@@]23C)c1C. The van der Waals surface area contributed by atoms with E-state index >= 15 is 0 Å². The Hall–Kier alpha value is -2.43. The zero-order valence-corrected chi connectivity index (χ0v) is 18.3. The predicted octanol–water partition coefficient (Wildman–Crippen LogP) is 5.25. The van der Waals surface area contributed by atoms with Crippen molar-refractivity contribution in [2.24, 2.45) is 27.5 Å². The molecular weight excluding hydrogens is 372 g/mol. The number of nitrogens with zero attached hydrogens (tertiary/aromatic N) is 4. The molecule has 0 aliphatic heterocycles. The molecule has 1 aromatic heterocycles. The van der Waals surface area contributed by atoms with Crippen LogP contribution in [0.3, 0.4) is 0 Å². The average Bonchev–Trinajstić information content (AvgIpc) is 3.27. The number of rotatable bonds is 3. The predicted molar refractivity (Wildman–Crippen MR) is 120 cm³/mol. The summed E-state index contributed by atoms with van der Waals surface area (Å²) in [7, 11) is 0. The Bertz CT molecular complexity index is 1020. The minimum atomic E-state index is 0.176. The van der Waals surface area contributed by atoms with Crippen molar-refractivity contribution in [1.29, 1.82) is 0 Å². The van der Waals surface area contributed by atoms with Gasteiger partial charge in [0.2, 0.25) is 0 Å². The Morgan fingerprint density at radius 2 is 2.13 bits per heavy atom. The fourth-order valence-corrected chi connectivity index (χ4v) is 6.59. The molecule has 2 saturated carbocycles. The molecule has 4 atom stereocenters. The smallest absolute Gasteiger partial charge is 0.115 e. The summed E-state index contributed by atoms with van der Waals surface area (Å²) >= 11 is 0. The standard InChI is InChI=1S/C25H32N4O/c1-4-29-16(2)18(15-27-29)14-26-28-24-10-9-23-22-7-5-17-13-19(30)6-8-20(17)21(22)11-12-25(23,24)3/h6,8,13-15,21-23,30H,4-5,7,9-12H2,1-3H3/b26-14-,28-24-/t21-,22-,23+,25+/m0/s1. The molecule has 1 heterocycles. The van der Waals surface area contributed by atoms with E-state index in [1.165, 1.54) is 42.5 Å². The summed E-state index contributed by atoms with van der Waals surface area (Å²) in [5, 5.41) is 23.5. The zero-order valence-electron chi connectivity index (χ0n) is 18.3. The largest absolute Gasteiger partial charge is 0.508 e. The van der Waals surface area contributed by atoms with Crippen LogP contribution in [0.5, 0.6) is 5.75 Å². The first-order valence-corrected chi connectivity index (χ1v) is 11.5. The van der Waals surface area contributed by atoms with Crippen LogP contribution in [-0.4, -0.2) is 26.8 Å². The summed E-state index contributed by atoms with van der Waals surface area (Å²) in [5.74, 6) is 2.46. The highest BCUT2D eigenvalue weighted by atomic mass is 16.3. The Kier molecular flexibility index (Phi) is 4.79. The fraction of sp³-hybridized carbons (Fsp3) is 0.560. The van der Waals surface area contributed by atoms with Gasteiger partial charge in [-0.15, -0.1) is 0 Å². The first-order valence-electron chi connectivity index (χ1n) is 11.5.